The SMILES string of the molecule is COc1c(C)cc(C(C)(C)C)cc1CO. The van der Waals surface area contributed by atoms with Gasteiger partial charge in [-0.1, -0.05) is 26.8 Å². The van der Waals surface area contributed by atoms with Crippen molar-refractivity contribution in [3.63, 3.8) is 0 Å². The molecular formula is C13H20O2. The Labute approximate surface area is 91.9 Å². The molecule has 84 valence electrons. The number of aliphatic hydroxyl groups excluding tert-OH is 1. The highest BCUT2D eigenvalue weighted by Crippen LogP contribution is 2.31. The average molecular weight is 208 g/mol. The molecule has 0 fully saturated rings. The van der Waals surface area contributed by atoms with E-state index in [-0.39, 0.29) is 12.0 Å². The highest BCUT2D eigenvalue weighted by atomic mass is 16.5. The van der Waals surface area contributed by atoms with Crippen LogP contribution in [0, 0.1) is 6.92 Å². The monoisotopic (exact) mass is 208 g/mol. The summed E-state index contributed by atoms with van der Waals surface area (Å²) in [4.78, 5) is 0. The van der Waals surface area contributed by atoms with Gasteiger partial charge >= 0.3 is 0 Å². The van der Waals surface area contributed by atoms with E-state index in [4.69, 9.17) is 4.74 Å². The number of rotatable bonds is 2. The van der Waals surface area contributed by atoms with Crippen molar-refractivity contribution in [2.45, 2.75) is 39.7 Å². The highest BCUT2D eigenvalue weighted by Gasteiger charge is 2.17. The van der Waals surface area contributed by atoms with Gasteiger partial charge in [-0.3, -0.25) is 0 Å². The Kier molecular flexibility index (Phi) is 3.40. The fourth-order valence-corrected chi connectivity index (χ4v) is 1.69. The number of benzene rings is 1. The van der Waals surface area contributed by atoms with Crippen LogP contribution in [0.5, 0.6) is 5.75 Å². The van der Waals surface area contributed by atoms with Crippen molar-refractivity contribution in [2.24, 2.45) is 0 Å². The molecule has 0 aliphatic carbocycles. The maximum absolute atomic E-state index is 9.28. The standard InChI is InChI=1S/C13H20O2/c1-9-6-11(13(2,3)4)7-10(8-14)12(9)15-5/h6-7,14H,8H2,1-5H3. The largest absolute Gasteiger partial charge is 0.496 e. The highest BCUT2D eigenvalue weighted by molar-refractivity contribution is 5.45. The van der Waals surface area contributed by atoms with Crippen molar-refractivity contribution in [1.82, 2.24) is 0 Å². The zero-order valence-electron chi connectivity index (χ0n) is 10.2. The topological polar surface area (TPSA) is 29.5 Å². The van der Waals surface area contributed by atoms with Crippen LogP contribution in [0.1, 0.15) is 37.5 Å². The van der Waals surface area contributed by atoms with E-state index < -0.39 is 0 Å². The molecule has 1 aromatic rings. The summed E-state index contributed by atoms with van der Waals surface area (Å²) >= 11 is 0. The Morgan fingerprint density at radius 2 is 1.87 bits per heavy atom. The molecule has 1 N–H and O–H groups in total. The fourth-order valence-electron chi connectivity index (χ4n) is 1.69. The van der Waals surface area contributed by atoms with E-state index >= 15 is 0 Å². The van der Waals surface area contributed by atoms with Crippen molar-refractivity contribution >= 4 is 0 Å². The van der Waals surface area contributed by atoms with E-state index in [9.17, 15) is 5.11 Å². The molecule has 0 unspecified atom stereocenters. The van der Waals surface area contributed by atoms with Gasteiger partial charge in [-0.05, 0) is 29.5 Å². The first-order chi connectivity index (χ1) is 6.90. The molecule has 1 aromatic carbocycles. The van der Waals surface area contributed by atoms with Crippen LogP contribution in [0.4, 0.5) is 0 Å². The molecular weight excluding hydrogens is 188 g/mol. The van der Waals surface area contributed by atoms with Crippen molar-refractivity contribution in [3.8, 4) is 5.75 Å². The van der Waals surface area contributed by atoms with Gasteiger partial charge in [0, 0.05) is 5.56 Å². The van der Waals surface area contributed by atoms with E-state index in [2.05, 4.69) is 26.8 Å². The summed E-state index contributed by atoms with van der Waals surface area (Å²) in [5, 5.41) is 9.28. The summed E-state index contributed by atoms with van der Waals surface area (Å²) in [6.45, 7) is 8.52. The predicted octanol–water partition coefficient (Wildman–Crippen LogP) is 2.79. The van der Waals surface area contributed by atoms with E-state index in [0.717, 1.165) is 16.9 Å². The van der Waals surface area contributed by atoms with E-state index in [0.29, 0.717) is 0 Å². The Balaban J connectivity index is 3.32. The van der Waals surface area contributed by atoms with E-state index in [1.807, 2.05) is 13.0 Å². The third kappa shape index (κ3) is 2.51. The lowest BCUT2D eigenvalue weighted by molar-refractivity contribution is 0.273. The fraction of sp³-hybridized carbons (Fsp3) is 0.538. The lowest BCUT2D eigenvalue weighted by atomic mass is 9.85. The summed E-state index contributed by atoms with van der Waals surface area (Å²) < 4.78 is 5.27. The van der Waals surface area contributed by atoms with Gasteiger partial charge in [0.1, 0.15) is 5.75 Å². The van der Waals surface area contributed by atoms with Crippen LogP contribution in [-0.2, 0) is 12.0 Å². The quantitative estimate of drug-likeness (QED) is 0.809. The second-order valence-corrected chi connectivity index (χ2v) is 4.89. The predicted molar refractivity (Wildman–Crippen MR) is 62.4 cm³/mol. The molecule has 0 atom stereocenters. The normalized spacial score (nSPS) is 11.6. The zero-order valence-corrected chi connectivity index (χ0v) is 10.2. The molecule has 15 heavy (non-hydrogen) atoms. The molecule has 0 aromatic heterocycles. The Morgan fingerprint density at radius 3 is 2.27 bits per heavy atom. The number of methoxy groups -OCH3 is 1. The van der Waals surface area contributed by atoms with Gasteiger partial charge in [-0.25, -0.2) is 0 Å². The van der Waals surface area contributed by atoms with Crippen molar-refractivity contribution < 1.29 is 9.84 Å². The first kappa shape index (κ1) is 12.1. The minimum absolute atomic E-state index is 0.0218. The van der Waals surface area contributed by atoms with Crippen LogP contribution in [0.2, 0.25) is 0 Å². The van der Waals surface area contributed by atoms with E-state index in [1.165, 1.54) is 5.56 Å². The molecule has 2 heteroatoms. The molecule has 0 saturated heterocycles. The zero-order chi connectivity index (χ0) is 11.6. The summed E-state index contributed by atoms with van der Waals surface area (Å²) in [6.07, 6.45) is 0. The van der Waals surface area contributed by atoms with Gasteiger partial charge in [-0.15, -0.1) is 0 Å². The lowest BCUT2D eigenvalue weighted by Crippen LogP contribution is -2.12. The minimum atomic E-state index is 0.0218. The number of hydrogen-bond acceptors (Lipinski definition) is 2. The number of ether oxygens (including phenoxy) is 1. The smallest absolute Gasteiger partial charge is 0.127 e. The van der Waals surface area contributed by atoms with Gasteiger partial charge in [0.25, 0.3) is 0 Å². The van der Waals surface area contributed by atoms with Crippen LogP contribution < -0.4 is 4.74 Å². The number of aliphatic hydroxyl groups is 1. The maximum Gasteiger partial charge on any atom is 0.127 e. The minimum Gasteiger partial charge on any atom is -0.496 e. The second kappa shape index (κ2) is 4.23. The van der Waals surface area contributed by atoms with Gasteiger partial charge < -0.3 is 9.84 Å². The van der Waals surface area contributed by atoms with Crippen molar-refractivity contribution in [3.05, 3.63) is 28.8 Å². The summed E-state index contributed by atoms with van der Waals surface area (Å²) in [5.41, 5.74) is 3.27. The lowest BCUT2D eigenvalue weighted by Gasteiger charge is -2.22. The van der Waals surface area contributed by atoms with Crippen LogP contribution in [0.25, 0.3) is 0 Å². The second-order valence-electron chi connectivity index (χ2n) is 4.89. The number of aryl methyl sites for hydroxylation is 1. The van der Waals surface area contributed by atoms with Crippen LogP contribution >= 0.6 is 0 Å². The molecule has 0 radical (unpaired) electrons. The van der Waals surface area contributed by atoms with Gasteiger partial charge in [0.2, 0.25) is 0 Å². The van der Waals surface area contributed by atoms with Crippen LogP contribution in [-0.4, -0.2) is 12.2 Å². The molecule has 0 aliphatic heterocycles. The molecule has 0 aliphatic rings. The Hall–Kier alpha value is -1.02. The summed E-state index contributed by atoms with van der Waals surface area (Å²) in [6, 6.07) is 4.14. The number of hydrogen-bond donors (Lipinski definition) is 1. The van der Waals surface area contributed by atoms with Gasteiger partial charge in [0.05, 0.1) is 13.7 Å². The first-order valence-electron chi connectivity index (χ1n) is 5.19. The average Bonchev–Trinajstić information content (AvgIpc) is 2.15. The van der Waals surface area contributed by atoms with Gasteiger partial charge in [-0.2, -0.15) is 0 Å². The van der Waals surface area contributed by atoms with Crippen molar-refractivity contribution in [1.29, 1.82) is 0 Å². The summed E-state index contributed by atoms with van der Waals surface area (Å²) in [7, 11) is 1.64. The molecule has 0 amide bonds. The third-order valence-electron chi connectivity index (χ3n) is 2.59. The van der Waals surface area contributed by atoms with Crippen LogP contribution in [0.3, 0.4) is 0 Å². The Morgan fingerprint density at radius 1 is 1.27 bits per heavy atom. The molecule has 1 rings (SSSR count). The van der Waals surface area contributed by atoms with Gasteiger partial charge in [0.15, 0.2) is 0 Å². The maximum atomic E-state index is 9.28. The summed E-state index contributed by atoms with van der Waals surface area (Å²) in [5.74, 6) is 0.797. The van der Waals surface area contributed by atoms with E-state index in [1.54, 1.807) is 7.11 Å². The van der Waals surface area contributed by atoms with Crippen molar-refractivity contribution in [2.75, 3.05) is 7.11 Å². The molecule has 2 nitrogen and oxygen atoms in total. The molecule has 0 saturated carbocycles. The third-order valence-corrected chi connectivity index (χ3v) is 2.59. The molecule has 0 heterocycles. The molecule has 0 bridgehead atoms. The molecule has 0 spiro atoms. The first-order valence-corrected chi connectivity index (χ1v) is 5.19. The Bertz CT molecular complexity index is 348. The van der Waals surface area contributed by atoms with Crippen LogP contribution in [0.15, 0.2) is 12.1 Å².